The Hall–Kier alpha value is -3.68. The first kappa shape index (κ1) is 22.8. The van der Waals surface area contributed by atoms with Crippen molar-refractivity contribution in [3.05, 3.63) is 71.3 Å². The minimum atomic E-state index is -4.55. The number of carbonyl (C=O) groups excluding carboxylic acids is 1. The molecule has 3 aromatic rings. The highest BCUT2D eigenvalue weighted by Gasteiger charge is 2.58. The zero-order chi connectivity index (χ0) is 25.1. The van der Waals surface area contributed by atoms with E-state index in [2.05, 4.69) is 6.92 Å². The number of unbranched alkanes of at least 4 members (excludes halogenated alkanes) is 2. The monoisotopic (exact) mass is 495 g/mol. The largest absolute Gasteiger partial charge is 0.491 e. The number of hydrogen-bond donors (Lipinski definition) is 0. The molecule has 0 radical (unpaired) electrons. The van der Waals surface area contributed by atoms with Crippen LogP contribution in [0.4, 0.5) is 18.9 Å². The second-order valence-electron chi connectivity index (χ2n) is 9.30. The van der Waals surface area contributed by atoms with Crippen molar-refractivity contribution in [2.45, 2.75) is 37.8 Å². The highest BCUT2D eigenvalue weighted by atomic mass is 19.4. The standard InChI is InChI=1S/C28H24F3NO4/c1-2-3-6-12-32-21-11-7-9-18(17-8-4-5-10-19(17)28(29,30)31)25(21)27(26(32)33)15-34-22-14-24-23(13-20(22)27)35-16-36-24/h4-5,7-11,13-14H,2-3,6,12,15-16H2,1H3. The smallest absolute Gasteiger partial charge is 0.417 e. The maximum absolute atomic E-state index is 14.3. The Labute approximate surface area is 206 Å². The first-order chi connectivity index (χ1) is 17.4. The molecule has 0 fully saturated rings. The molecule has 1 atom stereocenters. The van der Waals surface area contributed by atoms with Crippen LogP contribution in [0.25, 0.3) is 11.1 Å². The molecule has 8 heteroatoms. The minimum Gasteiger partial charge on any atom is -0.491 e. The highest BCUT2D eigenvalue weighted by Crippen LogP contribution is 2.58. The summed E-state index contributed by atoms with van der Waals surface area (Å²) in [5.74, 6) is 1.30. The number of benzene rings is 3. The number of alkyl halides is 3. The minimum absolute atomic E-state index is 0.00740. The van der Waals surface area contributed by atoms with Crippen LogP contribution >= 0.6 is 0 Å². The van der Waals surface area contributed by atoms with Gasteiger partial charge in [-0.15, -0.1) is 0 Å². The molecule has 186 valence electrons. The van der Waals surface area contributed by atoms with Crippen molar-refractivity contribution < 1.29 is 32.2 Å². The van der Waals surface area contributed by atoms with Crippen molar-refractivity contribution in [3.8, 4) is 28.4 Å². The van der Waals surface area contributed by atoms with Gasteiger partial charge in [0.1, 0.15) is 17.8 Å². The molecular formula is C28H24F3NO4. The maximum atomic E-state index is 14.3. The quantitative estimate of drug-likeness (QED) is 0.389. The number of fused-ring (bicyclic) bond motifs is 5. The first-order valence-corrected chi connectivity index (χ1v) is 12.0. The zero-order valence-electron chi connectivity index (χ0n) is 19.7. The lowest BCUT2D eigenvalue weighted by Gasteiger charge is -2.25. The Bertz CT molecular complexity index is 1370. The van der Waals surface area contributed by atoms with Crippen molar-refractivity contribution >= 4 is 11.6 Å². The van der Waals surface area contributed by atoms with Crippen molar-refractivity contribution in [2.24, 2.45) is 0 Å². The van der Waals surface area contributed by atoms with Crippen LogP contribution in [0.15, 0.2) is 54.6 Å². The summed E-state index contributed by atoms with van der Waals surface area (Å²) in [6.45, 7) is 2.61. The molecular weight excluding hydrogens is 471 g/mol. The Morgan fingerprint density at radius 3 is 2.44 bits per heavy atom. The van der Waals surface area contributed by atoms with Gasteiger partial charge in [-0.2, -0.15) is 13.2 Å². The van der Waals surface area contributed by atoms with Gasteiger partial charge in [0, 0.05) is 29.4 Å². The summed E-state index contributed by atoms with van der Waals surface area (Å²) >= 11 is 0. The van der Waals surface area contributed by atoms with E-state index in [0.717, 1.165) is 25.3 Å². The summed E-state index contributed by atoms with van der Waals surface area (Å²) in [6, 6.07) is 14.2. The summed E-state index contributed by atoms with van der Waals surface area (Å²) in [5, 5.41) is 0. The Morgan fingerprint density at radius 1 is 0.917 bits per heavy atom. The molecule has 3 aromatic carbocycles. The lowest BCUT2D eigenvalue weighted by Crippen LogP contribution is -2.43. The van der Waals surface area contributed by atoms with Gasteiger partial charge < -0.3 is 19.1 Å². The number of amides is 1. The molecule has 3 aliphatic rings. The summed E-state index contributed by atoms with van der Waals surface area (Å²) < 4.78 is 59.3. The Kier molecular flexibility index (Phi) is 5.17. The summed E-state index contributed by atoms with van der Waals surface area (Å²) in [6.07, 6.45) is -1.84. The number of ether oxygens (including phenoxy) is 3. The van der Waals surface area contributed by atoms with Crippen molar-refractivity contribution in [3.63, 3.8) is 0 Å². The van der Waals surface area contributed by atoms with Gasteiger partial charge in [0.15, 0.2) is 11.5 Å². The molecule has 1 unspecified atom stereocenters. The fourth-order valence-electron chi connectivity index (χ4n) is 5.62. The van der Waals surface area contributed by atoms with E-state index in [1.165, 1.54) is 12.1 Å². The molecule has 36 heavy (non-hydrogen) atoms. The average molecular weight is 495 g/mol. The molecule has 3 aliphatic heterocycles. The number of hydrogen-bond acceptors (Lipinski definition) is 4. The summed E-state index contributed by atoms with van der Waals surface area (Å²) in [4.78, 5) is 16.0. The van der Waals surface area contributed by atoms with E-state index >= 15 is 0 Å². The van der Waals surface area contributed by atoms with Crippen LogP contribution in [0.5, 0.6) is 17.2 Å². The molecule has 6 rings (SSSR count). The lowest BCUT2D eigenvalue weighted by molar-refractivity contribution is -0.137. The molecule has 5 nitrogen and oxygen atoms in total. The third kappa shape index (κ3) is 3.20. The first-order valence-electron chi connectivity index (χ1n) is 12.0. The highest BCUT2D eigenvalue weighted by molar-refractivity contribution is 6.13. The van der Waals surface area contributed by atoms with E-state index in [4.69, 9.17) is 14.2 Å². The van der Waals surface area contributed by atoms with Crippen LogP contribution in [-0.4, -0.2) is 25.9 Å². The van der Waals surface area contributed by atoms with Gasteiger partial charge in [0.25, 0.3) is 0 Å². The van der Waals surface area contributed by atoms with E-state index < -0.39 is 17.2 Å². The normalized spacial score (nSPS) is 19.6. The molecule has 0 aliphatic carbocycles. The third-order valence-electron chi connectivity index (χ3n) is 7.26. The van der Waals surface area contributed by atoms with Gasteiger partial charge in [-0.3, -0.25) is 4.79 Å². The number of rotatable bonds is 5. The molecule has 3 heterocycles. The van der Waals surface area contributed by atoms with Gasteiger partial charge in [0.05, 0.1) is 5.56 Å². The van der Waals surface area contributed by atoms with Crippen LogP contribution in [0.2, 0.25) is 0 Å². The van der Waals surface area contributed by atoms with Gasteiger partial charge >= 0.3 is 6.18 Å². The predicted molar refractivity (Wildman–Crippen MR) is 128 cm³/mol. The number of halogens is 3. The van der Waals surface area contributed by atoms with Gasteiger partial charge in [-0.25, -0.2) is 0 Å². The van der Waals surface area contributed by atoms with Crippen LogP contribution in [0.3, 0.4) is 0 Å². The summed E-state index contributed by atoms with van der Waals surface area (Å²) in [5.41, 5.74) is 0.149. The van der Waals surface area contributed by atoms with Crippen LogP contribution < -0.4 is 19.1 Å². The number of nitrogens with zero attached hydrogens (tertiary/aromatic N) is 1. The third-order valence-corrected chi connectivity index (χ3v) is 7.26. The van der Waals surface area contributed by atoms with Crippen molar-refractivity contribution in [2.75, 3.05) is 24.8 Å². The van der Waals surface area contributed by atoms with E-state index in [9.17, 15) is 18.0 Å². The molecule has 0 aromatic heterocycles. The predicted octanol–water partition coefficient (Wildman–Crippen LogP) is 6.32. The Balaban J connectivity index is 1.61. The molecule has 0 N–H and O–H groups in total. The molecule has 0 bridgehead atoms. The van der Waals surface area contributed by atoms with E-state index in [1.54, 1.807) is 35.2 Å². The topological polar surface area (TPSA) is 48.0 Å². The second kappa shape index (κ2) is 8.18. The van der Waals surface area contributed by atoms with Crippen LogP contribution in [0, 0.1) is 0 Å². The lowest BCUT2D eigenvalue weighted by atomic mass is 9.73. The van der Waals surface area contributed by atoms with Crippen LogP contribution in [-0.2, 0) is 16.4 Å². The maximum Gasteiger partial charge on any atom is 0.417 e. The van der Waals surface area contributed by atoms with Crippen molar-refractivity contribution in [1.29, 1.82) is 0 Å². The van der Waals surface area contributed by atoms with Gasteiger partial charge in [0.2, 0.25) is 12.7 Å². The average Bonchev–Trinajstić information content (AvgIpc) is 3.54. The molecule has 0 saturated carbocycles. The van der Waals surface area contributed by atoms with E-state index in [1.807, 2.05) is 6.07 Å². The molecule has 1 amide bonds. The SMILES string of the molecule is CCCCCN1C(=O)C2(COc3cc4c(cc32)OCO4)c2c(-c3ccccc3C(F)(F)F)cccc21. The fourth-order valence-corrected chi connectivity index (χ4v) is 5.62. The van der Waals surface area contributed by atoms with Crippen molar-refractivity contribution in [1.82, 2.24) is 0 Å². The second-order valence-corrected chi connectivity index (χ2v) is 9.30. The number of anilines is 1. The summed E-state index contributed by atoms with van der Waals surface area (Å²) in [7, 11) is 0. The van der Waals surface area contributed by atoms with Crippen LogP contribution in [0.1, 0.15) is 42.9 Å². The fraction of sp³-hybridized carbons (Fsp3) is 0.321. The molecule has 1 spiro atoms. The number of carbonyl (C=O) groups is 1. The van der Waals surface area contributed by atoms with E-state index in [0.29, 0.717) is 46.2 Å². The van der Waals surface area contributed by atoms with Gasteiger partial charge in [-0.05, 0) is 35.7 Å². The zero-order valence-corrected chi connectivity index (χ0v) is 19.7. The van der Waals surface area contributed by atoms with E-state index in [-0.39, 0.29) is 24.9 Å². The Morgan fingerprint density at radius 2 is 1.67 bits per heavy atom. The van der Waals surface area contributed by atoms with Gasteiger partial charge in [-0.1, -0.05) is 50.1 Å². The molecule has 0 saturated heterocycles.